The molecule has 0 amide bonds. The first-order valence-electron chi connectivity index (χ1n) is 17.0. The van der Waals surface area contributed by atoms with Gasteiger partial charge in [0.05, 0.1) is 35.9 Å². The molecule has 3 N–H and O–H groups in total. The fraction of sp³-hybridized carbons (Fsp3) is 0.472. The van der Waals surface area contributed by atoms with Gasteiger partial charge in [0.1, 0.15) is 17.6 Å². The minimum absolute atomic E-state index is 0. The number of halogens is 2. The normalized spacial score (nSPS) is 22.1. The zero-order valence-corrected chi connectivity index (χ0v) is 29.2. The van der Waals surface area contributed by atoms with Crippen molar-refractivity contribution in [2.75, 3.05) is 62.4 Å². The minimum atomic E-state index is -0.418. The Bertz CT molecular complexity index is 1830. The van der Waals surface area contributed by atoms with Gasteiger partial charge in [0.25, 0.3) is 0 Å². The molecule has 6 heterocycles. The number of nitrogens with zero attached hydrogens (tertiary/aromatic N) is 6. The number of nitrogens with two attached hydrogens (primary N) is 1. The number of pyridine rings is 3. The number of nitrogens with one attached hydrogen (secondary N) is 1. The number of hydrogen-bond acceptors (Lipinski definition) is 10. The van der Waals surface area contributed by atoms with Crippen LogP contribution in [0.2, 0.25) is 0 Å². The molecule has 3 aliphatic heterocycles. The molecular weight excluding hydrogens is 647 g/mol. The number of likely N-dealkylation sites (N-methyl/N-ethyl adjacent to an activating group) is 1. The van der Waals surface area contributed by atoms with E-state index in [4.69, 9.17) is 15.2 Å². The Kier molecular flexibility index (Phi) is 10.5. The molecule has 2 saturated heterocycles. The SMILES string of the molecule is CNC1CCCN(c2c(F)cc3c(=O)ccn4c3c2OC(CN(Cc2ccnc(OC)c2)[C@H]2CCCN(c3ccc(N)nc3)C2)C4C)C1.Cl. The first-order chi connectivity index (χ1) is 23.3. The summed E-state index contributed by atoms with van der Waals surface area (Å²) in [6.07, 6.45) is 9.15. The molecule has 4 aromatic rings. The van der Waals surface area contributed by atoms with Crippen molar-refractivity contribution in [3.63, 3.8) is 0 Å². The molecule has 0 saturated carbocycles. The van der Waals surface area contributed by atoms with Crippen LogP contribution in [0.15, 0.2) is 59.8 Å². The van der Waals surface area contributed by atoms with E-state index >= 15 is 4.39 Å². The molecule has 11 nitrogen and oxygen atoms in total. The molecule has 0 aliphatic carbocycles. The van der Waals surface area contributed by atoms with Crippen LogP contribution < -0.4 is 35.8 Å². The van der Waals surface area contributed by atoms with Crippen molar-refractivity contribution < 1.29 is 13.9 Å². The largest absolute Gasteiger partial charge is 0.482 e. The molecule has 3 aromatic heterocycles. The maximum absolute atomic E-state index is 16.1. The summed E-state index contributed by atoms with van der Waals surface area (Å²) in [7, 11) is 3.57. The van der Waals surface area contributed by atoms with Gasteiger partial charge in [0.15, 0.2) is 17.0 Å². The van der Waals surface area contributed by atoms with Crippen molar-refractivity contribution in [2.45, 2.75) is 63.4 Å². The fourth-order valence-electron chi connectivity index (χ4n) is 7.68. The Labute approximate surface area is 292 Å². The number of anilines is 3. The van der Waals surface area contributed by atoms with Crippen molar-refractivity contribution >= 4 is 40.5 Å². The number of piperidine rings is 2. The molecular formula is C36H46ClFN8O3. The third-order valence-electron chi connectivity index (χ3n) is 10.3. The molecule has 4 atom stereocenters. The summed E-state index contributed by atoms with van der Waals surface area (Å²) < 4.78 is 30.7. The lowest BCUT2D eigenvalue weighted by atomic mass is 9.99. The lowest BCUT2D eigenvalue weighted by Crippen LogP contribution is -2.52. The average molecular weight is 693 g/mol. The van der Waals surface area contributed by atoms with E-state index in [0.717, 1.165) is 56.6 Å². The predicted octanol–water partition coefficient (Wildman–Crippen LogP) is 4.62. The van der Waals surface area contributed by atoms with Crippen LogP contribution in [-0.2, 0) is 6.54 Å². The van der Waals surface area contributed by atoms with Gasteiger partial charge >= 0.3 is 0 Å². The summed E-state index contributed by atoms with van der Waals surface area (Å²) in [6, 6.07) is 11.2. The summed E-state index contributed by atoms with van der Waals surface area (Å²) >= 11 is 0. The molecule has 0 bridgehead atoms. The van der Waals surface area contributed by atoms with Crippen molar-refractivity contribution in [3.05, 3.63) is 76.6 Å². The van der Waals surface area contributed by atoms with Gasteiger partial charge in [-0.05, 0) is 69.5 Å². The Morgan fingerprint density at radius 2 is 1.92 bits per heavy atom. The molecule has 0 spiro atoms. The summed E-state index contributed by atoms with van der Waals surface area (Å²) in [5.41, 5.74) is 8.93. The monoisotopic (exact) mass is 692 g/mol. The summed E-state index contributed by atoms with van der Waals surface area (Å²) in [4.78, 5) is 28.7. The van der Waals surface area contributed by atoms with E-state index in [1.165, 1.54) is 6.07 Å². The van der Waals surface area contributed by atoms with E-state index in [1.807, 2.05) is 43.7 Å². The average Bonchev–Trinajstić information content (AvgIpc) is 3.11. The second kappa shape index (κ2) is 14.8. The fourth-order valence-corrected chi connectivity index (χ4v) is 7.68. The summed E-state index contributed by atoms with van der Waals surface area (Å²) in [5, 5.41) is 3.71. The van der Waals surface area contributed by atoms with Crippen molar-refractivity contribution in [3.8, 4) is 11.6 Å². The van der Waals surface area contributed by atoms with Crippen LogP contribution in [0.1, 0.15) is 44.2 Å². The van der Waals surface area contributed by atoms with Crippen molar-refractivity contribution in [1.29, 1.82) is 0 Å². The van der Waals surface area contributed by atoms with Gasteiger partial charge in [-0.3, -0.25) is 9.69 Å². The van der Waals surface area contributed by atoms with E-state index in [2.05, 4.69) is 41.5 Å². The highest BCUT2D eigenvalue weighted by Gasteiger charge is 2.37. The Hall–Kier alpha value is -4.13. The number of aromatic nitrogens is 3. The standard InChI is InChI=1S/C36H45FN8O3.ClH/c1-23-31(48-36-34-28(30(46)11-15-45(23)34)17-29(37)35(36)43-14-4-6-25(20-43)39-2)22-44(19-24-10-12-40-33(16-24)47-3)27-7-5-13-42(21-27)26-8-9-32(38)41-18-26;/h8-12,15-18,23,25,27,31,39H,4-7,13-14,19-22H2,1-3H3,(H2,38,41);1H/t23?,25?,27-,31?;/m0./s1. The van der Waals surface area contributed by atoms with Crippen LogP contribution in [0.25, 0.3) is 10.9 Å². The highest BCUT2D eigenvalue weighted by molar-refractivity contribution is 5.92. The first kappa shape index (κ1) is 34.7. The van der Waals surface area contributed by atoms with Crippen LogP contribution in [0, 0.1) is 5.82 Å². The maximum atomic E-state index is 16.1. The van der Waals surface area contributed by atoms with E-state index in [-0.39, 0.29) is 42.1 Å². The first-order valence-corrected chi connectivity index (χ1v) is 17.0. The number of hydrogen-bond donors (Lipinski definition) is 2. The third-order valence-corrected chi connectivity index (χ3v) is 10.3. The summed E-state index contributed by atoms with van der Waals surface area (Å²) in [6.45, 7) is 6.51. The minimum Gasteiger partial charge on any atom is -0.482 e. The smallest absolute Gasteiger partial charge is 0.213 e. The van der Waals surface area contributed by atoms with Crippen LogP contribution in [0.4, 0.5) is 21.6 Å². The highest BCUT2D eigenvalue weighted by atomic mass is 35.5. The number of benzene rings is 1. The molecule has 3 unspecified atom stereocenters. The van der Waals surface area contributed by atoms with Crippen molar-refractivity contribution in [1.82, 2.24) is 24.8 Å². The second-order valence-corrected chi connectivity index (χ2v) is 13.3. The Morgan fingerprint density at radius 3 is 2.69 bits per heavy atom. The predicted molar refractivity (Wildman–Crippen MR) is 194 cm³/mol. The topological polar surface area (TPSA) is 114 Å². The van der Waals surface area contributed by atoms with E-state index in [0.29, 0.717) is 53.7 Å². The zero-order chi connectivity index (χ0) is 33.4. The molecule has 3 aliphatic rings. The van der Waals surface area contributed by atoms with Gasteiger partial charge in [-0.15, -0.1) is 12.4 Å². The van der Waals surface area contributed by atoms with Gasteiger partial charge in [-0.25, -0.2) is 14.4 Å². The maximum Gasteiger partial charge on any atom is 0.213 e. The number of nitrogen functional groups attached to an aromatic ring is 1. The second-order valence-electron chi connectivity index (χ2n) is 13.3. The van der Waals surface area contributed by atoms with Crippen LogP contribution in [0.5, 0.6) is 11.6 Å². The van der Waals surface area contributed by atoms with Gasteiger partial charge in [0.2, 0.25) is 5.88 Å². The van der Waals surface area contributed by atoms with Crippen LogP contribution in [0.3, 0.4) is 0 Å². The lowest BCUT2D eigenvalue weighted by Gasteiger charge is -2.44. The molecule has 0 radical (unpaired) electrons. The third kappa shape index (κ3) is 6.99. The van der Waals surface area contributed by atoms with Gasteiger partial charge < -0.3 is 34.9 Å². The molecule has 13 heteroatoms. The Morgan fingerprint density at radius 1 is 1.10 bits per heavy atom. The molecule has 2 fully saturated rings. The van der Waals surface area contributed by atoms with Gasteiger partial charge in [-0.2, -0.15) is 0 Å². The lowest BCUT2D eigenvalue weighted by molar-refractivity contribution is 0.0579. The van der Waals surface area contributed by atoms with Crippen LogP contribution >= 0.6 is 12.4 Å². The molecule has 7 rings (SSSR count). The van der Waals surface area contributed by atoms with E-state index in [9.17, 15) is 4.79 Å². The number of ether oxygens (including phenoxy) is 2. The number of rotatable bonds is 9. The quantitative estimate of drug-likeness (QED) is 0.258. The molecule has 1 aromatic carbocycles. The van der Waals surface area contributed by atoms with E-state index < -0.39 is 5.82 Å². The Balaban J connectivity index is 0.00000417. The highest BCUT2D eigenvalue weighted by Crippen LogP contribution is 2.44. The van der Waals surface area contributed by atoms with E-state index in [1.54, 1.807) is 19.4 Å². The van der Waals surface area contributed by atoms with Crippen molar-refractivity contribution in [2.24, 2.45) is 0 Å². The molecule has 262 valence electrons. The summed E-state index contributed by atoms with van der Waals surface area (Å²) in [5.74, 6) is 1.12. The van der Waals surface area contributed by atoms with Gasteiger partial charge in [0, 0.05) is 75.9 Å². The van der Waals surface area contributed by atoms with Crippen LogP contribution in [-0.4, -0.2) is 84.5 Å². The number of methoxy groups -OCH3 is 1. The zero-order valence-electron chi connectivity index (χ0n) is 28.3. The molecule has 49 heavy (non-hydrogen) atoms. The van der Waals surface area contributed by atoms with Gasteiger partial charge in [-0.1, -0.05) is 0 Å².